The lowest BCUT2D eigenvalue weighted by atomic mass is 9.55. The number of hydrogen-bond acceptors (Lipinski definition) is 11. The Labute approximate surface area is 364 Å². The maximum absolute atomic E-state index is 14.2. The molecule has 3 aromatic rings. The van der Waals surface area contributed by atoms with Gasteiger partial charge in [0.15, 0.2) is 0 Å². The normalized spacial score (nSPS) is 25.6. The Morgan fingerprint density at radius 2 is 1.71 bits per heavy atom. The molecular weight excluding hydrogens is 791 g/mol. The molecule has 1 unspecified atom stereocenters. The van der Waals surface area contributed by atoms with Crippen molar-refractivity contribution >= 4 is 17.9 Å². The summed E-state index contributed by atoms with van der Waals surface area (Å²) in [5.41, 5.74) is 4.17. The molecule has 2 aliphatic carbocycles. The van der Waals surface area contributed by atoms with Gasteiger partial charge in [-0.2, -0.15) is 0 Å². The number of carbonyl (C=O) groups excluding carboxylic acids is 2. The first-order valence-electron chi connectivity index (χ1n) is 22.1. The minimum atomic E-state index is -1.46. The van der Waals surface area contributed by atoms with Gasteiger partial charge in [0.25, 0.3) is 0 Å². The van der Waals surface area contributed by atoms with E-state index in [2.05, 4.69) is 18.0 Å². The number of nitrogens with zero attached hydrogens (tertiary/aromatic N) is 2. The molecule has 2 aliphatic heterocycles. The highest BCUT2D eigenvalue weighted by atomic mass is 16.8. The quantitative estimate of drug-likeness (QED) is 0.0608. The highest BCUT2D eigenvalue weighted by Gasteiger charge is 2.65. The first kappa shape index (κ1) is 44.8. The largest absolute Gasteiger partial charge is 0.459 e. The molecule has 0 aromatic heterocycles. The predicted octanol–water partition coefficient (Wildman–Crippen LogP) is 8.40. The first-order valence-corrected chi connectivity index (χ1v) is 22.1. The molecule has 1 saturated heterocycles. The monoisotopic (exact) mass is 851 g/mol. The van der Waals surface area contributed by atoms with E-state index in [0.717, 1.165) is 60.8 Å². The molecule has 2 amide bonds. The smallest absolute Gasteiger partial charge is 0.412 e. The van der Waals surface area contributed by atoms with E-state index >= 15 is 0 Å². The molecule has 2 fully saturated rings. The van der Waals surface area contributed by atoms with Crippen LogP contribution in [0.2, 0.25) is 0 Å². The van der Waals surface area contributed by atoms with Gasteiger partial charge in [-0.25, -0.2) is 9.59 Å². The van der Waals surface area contributed by atoms with Gasteiger partial charge in [0.1, 0.15) is 24.1 Å². The summed E-state index contributed by atoms with van der Waals surface area (Å²) in [5.74, 6) is -1.39. The topological polar surface area (TPSA) is 158 Å². The molecule has 332 valence electrons. The van der Waals surface area contributed by atoms with Crippen LogP contribution in [0.25, 0.3) is 0 Å². The first-order chi connectivity index (χ1) is 30.3. The number of unbranched alkanes of at least 4 members (excludes halogenated alkanes) is 2. The van der Waals surface area contributed by atoms with E-state index in [4.69, 9.17) is 33.7 Å². The zero-order valence-corrected chi connectivity index (χ0v) is 35.7. The minimum absolute atomic E-state index is 0.0107. The molecule has 7 rings (SSSR count). The van der Waals surface area contributed by atoms with Crippen LogP contribution in [0.4, 0.5) is 9.59 Å². The van der Waals surface area contributed by atoms with Crippen molar-refractivity contribution in [2.45, 2.75) is 101 Å². The summed E-state index contributed by atoms with van der Waals surface area (Å²) in [5, 5.41) is 27.5. The molecule has 0 radical (unpaired) electrons. The number of allylic oxidation sites excluding steroid dienone is 1. The second-order valence-corrected chi connectivity index (χ2v) is 16.6. The van der Waals surface area contributed by atoms with Crippen LogP contribution in [0.5, 0.6) is 11.5 Å². The Morgan fingerprint density at radius 1 is 0.968 bits per heavy atom. The molecule has 0 spiro atoms. The van der Waals surface area contributed by atoms with Gasteiger partial charge >= 0.3 is 12.2 Å². The third-order valence-electron chi connectivity index (χ3n) is 12.5. The molecule has 7 atom stereocenters. The Bertz CT molecular complexity index is 2000. The number of nitrogens with one attached hydrogen (secondary N) is 1. The van der Waals surface area contributed by atoms with Crippen LogP contribution < -0.4 is 14.8 Å². The summed E-state index contributed by atoms with van der Waals surface area (Å²) in [6.07, 6.45) is 9.52. The number of carbonyl (C=O) groups is 2. The van der Waals surface area contributed by atoms with Crippen molar-refractivity contribution in [2.24, 2.45) is 22.9 Å². The molecule has 13 nitrogen and oxygen atoms in total. The van der Waals surface area contributed by atoms with Gasteiger partial charge in [0.2, 0.25) is 12.1 Å². The summed E-state index contributed by atoms with van der Waals surface area (Å²) in [6.45, 7) is 5.23. The number of rotatable bonds is 19. The van der Waals surface area contributed by atoms with Crippen molar-refractivity contribution in [1.82, 2.24) is 10.2 Å². The number of benzene rings is 3. The zero-order valence-electron chi connectivity index (χ0n) is 35.7. The Kier molecular flexibility index (Phi) is 15.7. The molecule has 1 saturated carbocycles. The zero-order chi connectivity index (χ0) is 43.3. The molecule has 0 bridgehead atoms. The summed E-state index contributed by atoms with van der Waals surface area (Å²) in [7, 11) is 1.70. The lowest BCUT2D eigenvalue weighted by molar-refractivity contribution is -0.254. The van der Waals surface area contributed by atoms with Gasteiger partial charge in [0.05, 0.1) is 24.8 Å². The van der Waals surface area contributed by atoms with Gasteiger partial charge < -0.3 is 49.0 Å². The average Bonchev–Trinajstić information content (AvgIpc) is 3.30. The molecule has 3 aromatic carbocycles. The number of aliphatic hydroxyl groups is 2. The molecule has 4 aliphatic rings. The van der Waals surface area contributed by atoms with Gasteiger partial charge in [0, 0.05) is 51.1 Å². The fourth-order valence-electron chi connectivity index (χ4n) is 9.57. The van der Waals surface area contributed by atoms with Gasteiger partial charge in [-0.1, -0.05) is 90.8 Å². The summed E-state index contributed by atoms with van der Waals surface area (Å²) in [4.78, 5) is 35.2. The van der Waals surface area contributed by atoms with Crippen molar-refractivity contribution in [3.8, 4) is 11.5 Å². The number of fused-ring (bicyclic) bond motifs is 2. The lowest BCUT2D eigenvalue weighted by Crippen LogP contribution is -2.69. The van der Waals surface area contributed by atoms with E-state index in [9.17, 15) is 19.8 Å². The van der Waals surface area contributed by atoms with Crippen LogP contribution >= 0.6 is 0 Å². The predicted molar refractivity (Wildman–Crippen MR) is 233 cm³/mol. The molecule has 2 heterocycles. The van der Waals surface area contributed by atoms with Gasteiger partial charge in [-0.3, -0.25) is 0 Å². The highest BCUT2D eigenvalue weighted by Crippen LogP contribution is 2.62. The number of oxime groups is 1. The Morgan fingerprint density at radius 3 is 2.42 bits per heavy atom. The fourth-order valence-corrected chi connectivity index (χ4v) is 9.57. The van der Waals surface area contributed by atoms with Crippen LogP contribution in [0.3, 0.4) is 0 Å². The van der Waals surface area contributed by atoms with Crippen molar-refractivity contribution < 1.29 is 48.3 Å². The molecular formula is C49H61N3O10. The average molecular weight is 852 g/mol. The number of aliphatic hydroxyl groups excluding tert-OH is 2. The minimum Gasteiger partial charge on any atom is -0.459 e. The van der Waals surface area contributed by atoms with E-state index in [1.54, 1.807) is 24.1 Å². The second kappa shape index (κ2) is 21.7. The number of amides is 2. The third kappa shape index (κ3) is 10.5. The molecule has 62 heavy (non-hydrogen) atoms. The van der Waals surface area contributed by atoms with Gasteiger partial charge in [-0.15, -0.1) is 6.58 Å². The molecule has 3 N–H and O–H groups in total. The van der Waals surface area contributed by atoms with E-state index in [1.165, 1.54) is 0 Å². The summed E-state index contributed by atoms with van der Waals surface area (Å²) in [6, 6.07) is 23.8. The van der Waals surface area contributed by atoms with E-state index in [0.29, 0.717) is 49.6 Å². The SMILES string of the molecule is C=CCO[C@@]12Oc3ccc(OC(=O)NCc4ccccc4)cc3[C@H]3[C@H](CCCCO)[C@@H](CCCCO)C=C(C(=NOC4CCCCO4)C[C@@H]1N(C)C(=O)OCc1ccccc1)[C@H]32. The maximum atomic E-state index is 14.2. The standard InChI is InChI=1S/C49H61N3O10/c1-3-27-59-49-43(52(2)48(56)58-33-35-18-8-5-9-19-35)31-41(51-62-44-22-12-15-28-57-44)39-29-36(20-10-13-25-53)38(21-11-14-26-54)45(46(39)49)40-30-37(23-24-42(40)61-49)60-47(55)50-32-34-16-6-4-7-17-34/h3-9,16-19,23-24,29-30,36,38,43-46,53-54H,1,10-15,20-22,25-28,31-33H2,2H3,(H,50,55)/t36-,38+,43-,44?,45+,46+,49+/m0/s1. The van der Waals surface area contributed by atoms with E-state index in [-0.39, 0.29) is 50.6 Å². The third-order valence-corrected chi connectivity index (χ3v) is 12.5. The van der Waals surface area contributed by atoms with Crippen molar-refractivity contribution in [2.75, 3.05) is 33.5 Å². The number of hydrogen-bond donors (Lipinski definition) is 3. The van der Waals surface area contributed by atoms with Crippen LogP contribution in [-0.2, 0) is 32.2 Å². The van der Waals surface area contributed by atoms with Crippen LogP contribution in [0.1, 0.15) is 86.8 Å². The highest BCUT2D eigenvalue weighted by molar-refractivity contribution is 6.03. The lowest BCUT2D eigenvalue weighted by Gasteiger charge is -2.59. The van der Waals surface area contributed by atoms with Crippen LogP contribution in [-0.4, -0.2) is 84.6 Å². The Balaban J connectivity index is 1.34. The maximum Gasteiger partial charge on any atom is 0.412 e. The fraction of sp³-hybridized carbons (Fsp3) is 0.490. The van der Waals surface area contributed by atoms with Crippen molar-refractivity contribution in [3.05, 3.63) is 120 Å². The second-order valence-electron chi connectivity index (χ2n) is 16.6. The summed E-state index contributed by atoms with van der Waals surface area (Å²) < 4.78 is 32.0. The number of ether oxygens (including phenoxy) is 5. The van der Waals surface area contributed by atoms with E-state index < -0.39 is 36.2 Å². The Hall–Kier alpha value is -5.21. The van der Waals surface area contributed by atoms with Crippen LogP contribution in [0, 0.1) is 17.8 Å². The van der Waals surface area contributed by atoms with Crippen molar-refractivity contribution in [1.29, 1.82) is 0 Å². The molecule has 13 heteroatoms. The van der Waals surface area contributed by atoms with Crippen LogP contribution in [0.15, 0.2) is 108 Å². The number of likely N-dealkylation sites (N-methyl/N-ethyl adjacent to an activating group) is 1. The van der Waals surface area contributed by atoms with E-state index in [1.807, 2.05) is 72.8 Å². The van der Waals surface area contributed by atoms with Crippen molar-refractivity contribution in [3.63, 3.8) is 0 Å². The van der Waals surface area contributed by atoms with Gasteiger partial charge in [-0.05, 0) is 85.3 Å². The summed E-state index contributed by atoms with van der Waals surface area (Å²) >= 11 is 0.